The molecule has 1 unspecified atom stereocenters. The normalized spacial score (nSPS) is 17.7. The number of rotatable bonds is 5. The number of carboxylic acids is 1. The molecule has 1 amide bonds. The molecule has 1 aromatic rings. The molecule has 1 fully saturated rings. The van der Waals surface area contributed by atoms with E-state index in [2.05, 4.69) is 5.32 Å². The van der Waals surface area contributed by atoms with Gasteiger partial charge >= 0.3 is 5.97 Å². The molecule has 0 radical (unpaired) electrons. The third-order valence-corrected chi connectivity index (χ3v) is 3.40. The van der Waals surface area contributed by atoms with E-state index >= 15 is 0 Å². The summed E-state index contributed by atoms with van der Waals surface area (Å²) in [6.07, 6.45) is 1.61. The Morgan fingerprint density at radius 2 is 1.95 bits per heavy atom. The Labute approximate surface area is 119 Å². The lowest BCUT2D eigenvalue weighted by atomic mass is 10.0. The molecule has 0 bridgehead atoms. The van der Waals surface area contributed by atoms with Crippen LogP contribution in [-0.2, 0) is 4.74 Å². The second kappa shape index (κ2) is 6.62. The number of aromatic carboxylic acids is 1. The third-order valence-electron chi connectivity index (χ3n) is 3.40. The van der Waals surface area contributed by atoms with E-state index in [1.165, 1.54) is 0 Å². The Morgan fingerprint density at radius 3 is 2.52 bits per heavy atom. The highest BCUT2D eigenvalue weighted by atomic mass is 19.2. The molecule has 1 aromatic carbocycles. The van der Waals surface area contributed by atoms with E-state index in [-0.39, 0.29) is 5.56 Å². The molecule has 2 N–H and O–H groups in total. The van der Waals surface area contributed by atoms with Gasteiger partial charge in [0.1, 0.15) is 0 Å². The van der Waals surface area contributed by atoms with E-state index < -0.39 is 29.1 Å². The molecule has 0 spiro atoms. The van der Waals surface area contributed by atoms with Gasteiger partial charge in [-0.1, -0.05) is 0 Å². The summed E-state index contributed by atoms with van der Waals surface area (Å²) in [5.74, 6) is -4.41. The molecular formula is C14H15F2NO4. The van der Waals surface area contributed by atoms with Gasteiger partial charge in [0.05, 0.1) is 11.1 Å². The number of halogens is 2. The molecular weight excluding hydrogens is 284 g/mol. The van der Waals surface area contributed by atoms with Crippen molar-refractivity contribution in [1.29, 1.82) is 0 Å². The number of nitrogens with one attached hydrogen (secondary N) is 1. The second-order valence-electron chi connectivity index (χ2n) is 4.89. The van der Waals surface area contributed by atoms with Crippen LogP contribution in [0.25, 0.3) is 0 Å². The monoisotopic (exact) mass is 299 g/mol. The Kier molecular flexibility index (Phi) is 4.85. The van der Waals surface area contributed by atoms with Crippen LogP contribution in [0.4, 0.5) is 8.78 Å². The molecule has 2 rings (SSSR count). The highest BCUT2D eigenvalue weighted by molar-refractivity contribution is 6.04. The number of benzene rings is 1. The zero-order valence-electron chi connectivity index (χ0n) is 11.2. The van der Waals surface area contributed by atoms with Crippen LogP contribution in [0.1, 0.15) is 33.6 Å². The molecule has 0 aromatic heterocycles. The largest absolute Gasteiger partial charge is 0.478 e. The van der Waals surface area contributed by atoms with Crippen molar-refractivity contribution in [3.8, 4) is 0 Å². The van der Waals surface area contributed by atoms with Crippen molar-refractivity contribution >= 4 is 11.9 Å². The van der Waals surface area contributed by atoms with E-state index in [4.69, 9.17) is 9.84 Å². The summed E-state index contributed by atoms with van der Waals surface area (Å²) in [5.41, 5.74) is -0.945. The number of carboxylic acid groups (broad SMARTS) is 1. The quantitative estimate of drug-likeness (QED) is 0.869. The summed E-state index contributed by atoms with van der Waals surface area (Å²) in [6, 6.07) is 1.12. The minimum Gasteiger partial charge on any atom is -0.478 e. The number of carbonyl (C=O) groups excluding carboxylic acids is 1. The lowest BCUT2D eigenvalue weighted by Gasteiger charge is -2.10. The Bertz CT molecular complexity index is 556. The van der Waals surface area contributed by atoms with Crippen molar-refractivity contribution in [3.63, 3.8) is 0 Å². The van der Waals surface area contributed by atoms with Gasteiger partial charge in [-0.15, -0.1) is 0 Å². The van der Waals surface area contributed by atoms with Crippen LogP contribution in [0.15, 0.2) is 12.1 Å². The summed E-state index contributed by atoms with van der Waals surface area (Å²) < 4.78 is 31.4. The average Bonchev–Trinajstić information content (AvgIpc) is 2.94. The molecule has 1 heterocycles. The van der Waals surface area contributed by atoms with Gasteiger partial charge in [0.25, 0.3) is 5.91 Å². The van der Waals surface area contributed by atoms with Crippen LogP contribution in [0.5, 0.6) is 0 Å². The summed E-state index contributed by atoms with van der Waals surface area (Å²) in [6.45, 7) is 1.66. The standard InChI is InChI=1S/C14H15F2NO4/c15-11-5-9(10(14(19)20)6-12(11)16)13(18)17-3-1-8-2-4-21-7-8/h5-6,8H,1-4,7H2,(H,17,18)(H,19,20). The van der Waals surface area contributed by atoms with Crippen molar-refractivity contribution < 1.29 is 28.2 Å². The Balaban J connectivity index is 2.03. The molecule has 7 heteroatoms. The van der Waals surface area contributed by atoms with Crippen molar-refractivity contribution in [2.45, 2.75) is 12.8 Å². The van der Waals surface area contributed by atoms with Crippen LogP contribution in [0.2, 0.25) is 0 Å². The van der Waals surface area contributed by atoms with Gasteiger partial charge in [-0.3, -0.25) is 4.79 Å². The van der Waals surface area contributed by atoms with Gasteiger partial charge in [-0.05, 0) is 30.9 Å². The fraction of sp³-hybridized carbons (Fsp3) is 0.429. The van der Waals surface area contributed by atoms with Gasteiger partial charge in [0, 0.05) is 19.8 Å². The maximum Gasteiger partial charge on any atom is 0.336 e. The first-order valence-corrected chi connectivity index (χ1v) is 6.57. The van der Waals surface area contributed by atoms with Crippen molar-refractivity contribution in [2.24, 2.45) is 5.92 Å². The molecule has 21 heavy (non-hydrogen) atoms. The number of ether oxygens (including phenoxy) is 1. The van der Waals surface area contributed by atoms with Crippen LogP contribution >= 0.6 is 0 Å². The molecule has 0 aliphatic carbocycles. The third kappa shape index (κ3) is 3.75. The van der Waals surface area contributed by atoms with Gasteiger partial charge in [-0.25, -0.2) is 13.6 Å². The smallest absolute Gasteiger partial charge is 0.336 e. The highest BCUT2D eigenvalue weighted by Crippen LogP contribution is 2.17. The Morgan fingerprint density at radius 1 is 1.29 bits per heavy atom. The average molecular weight is 299 g/mol. The van der Waals surface area contributed by atoms with Gasteiger partial charge < -0.3 is 15.2 Å². The van der Waals surface area contributed by atoms with E-state index in [0.29, 0.717) is 44.2 Å². The number of hydrogen-bond acceptors (Lipinski definition) is 3. The van der Waals surface area contributed by atoms with Crippen molar-refractivity contribution in [3.05, 3.63) is 34.9 Å². The highest BCUT2D eigenvalue weighted by Gasteiger charge is 2.21. The van der Waals surface area contributed by atoms with E-state index in [1.54, 1.807) is 0 Å². The number of amides is 1. The summed E-state index contributed by atoms with van der Waals surface area (Å²) in [4.78, 5) is 22.9. The van der Waals surface area contributed by atoms with Crippen LogP contribution in [0, 0.1) is 17.6 Å². The minimum atomic E-state index is -1.48. The molecule has 1 saturated heterocycles. The SMILES string of the molecule is O=C(O)c1cc(F)c(F)cc1C(=O)NCCC1CCOC1. The summed E-state index contributed by atoms with van der Waals surface area (Å²) >= 11 is 0. The summed E-state index contributed by atoms with van der Waals surface area (Å²) in [7, 11) is 0. The maximum absolute atomic E-state index is 13.2. The lowest BCUT2D eigenvalue weighted by molar-refractivity contribution is 0.0690. The first-order valence-electron chi connectivity index (χ1n) is 6.57. The van der Waals surface area contributed by atoms with Gasteiger partial charge in [0.2, 0.25) is 0 Å². The molecule has 5 nitrogen and oxygen atoms in total. The molecule has 114 valence electrons. The summed E-state index contributed by atoms with van der Waals surface area (Å²) in [5, 5.41) is 11.5. The first kappa shape index (κ1) is 15.4. The van der Waals surface area contributed by atoms with Crippen molar-refractivity contribution in [1.82, 2.24) is 5.32 Å². The maximum atomic E-state index is 13.2. The van der Waals surface area contributed by atoms with Crippen LogP contribution in [-0.4, -0.2) is 36.7 Å². The fourth-order valence-corrected chi connectivity index (χ4v) is 2.21. The predicted molar refractivity (Wildman–Crippen MR) is 69.2 cm³/mol. The zero-order valence-corrected chi connectivity index (χ0v) is 11.2. The molecule has 0 saturated carbocycles. The van der Waals surface area contributed by atoms with Crippen LogP contribution < -0.4 is 5.32 Å². The lowest BCUT2D eigenvalue weighted by Crippen LogP contribution is -2.28. The second-order valence-corrected chi connectivity index (χ2v) is 4.89. The van der Waals surface area contributed by atoms with E-state index in [0.717, 1.165) is 6.42 Å². The van der Waals surface area contributed by atoms with Crippen molar-refractivity contribution in [2.75, 3.05) is 19.8 Å². The van der Waals surface area contributed by atoms with Gasteiger partial charge in [-0.2, -0.15) is 0 Å². The molecule has 1 aliphatic rings. The zero-order chi connectivity index (χ0) is 15.4. The number of hydrogen-bond donors (Lipinski definition) is 2. The van der Waals surface area contributed by atoms with E-state index in [1.807, 2.05) is 0 Å². The molecule has 1 aliphatic heterocycles. The van der Waals surface area contributed by atoms with Crippen LogP contribution in [0.3, 0.4) is 0 Å². The van der Waals surface area contributed by atoms with E-state index in [9.17, 15) is 18.4 Å². The topological polar surface area (TPSA) is 75.6 Å². The molecule has 1 atom stereocenters. The number of carbonyl (C=O) groups is 2. The first-order chi connectivity index (χ1) is 9.99. The predicted octanol–water partition coefficient (Wildman–Crippen LogP) is 1.82. The fourth-order valence-electron chi connectivity index (χ4n) is 2.21. The minimum absolute atomic E-state index is 0.324. The van der Waals surface area contributed by atoms with Gasteiger partial charge in [0.15, 0.2) is 11.6 Å². The Hall–Kier alpha value is -2.02.